The molecule has 4 rings (SSSR count). The Hall–Kier alpha value is -3.23. The van der Waals surface area contributed by atoms with Crippen molar-refractivity contribution in [3.8, 4) is 0 Å². The molecular formula is C24H26N4O3S. The molecule has 2 heterocycles. The van der Waals surface area contributed by atoms with Crippen molar-refractivity contribution in [2.24, 2.45) is 0 Å². The number of carbonyl (C=O) groups excluding carboxylic acids is 2. The van der Waals surface area contributed by atoms with Crippen LogP contribution in [-0.4, -0.2) is 47.5 Å². The summed E-state index contributed by atoms with van der Waals surface area (Å²) in [6.07, 6.45) is 2.02. The maximum absolute atomic E-state index is 13.2. The Morgan fingerprint density at radius 2 is 1.84 bits per heavy atom. The maximum Gasteiger partial charge on any atom is 0.274 e. The number of aromatic nitrogens is 1. The zero-order valence-corrected chi connectivity index (χ0v) is 18.5. The van der Waals surface area contributed by atoms with Gasteiger partial charge >= 0.3 is 0 Å². The summed E-state index contributed by atoms with van der Waals surface area (Å²) in [5.41, 5.74) is 2.16. The second kappa shape index (κ2) is 10.9. The fraction of sp³-hybridized carbons (Fsp3) is 0.292. The molecule has 0 aliphatic carbocycles. The lowest BCUT2D eigenvalue weighted by Gasteiger charge is -2.22. The normalized spacial score (nSPS) is 15.3. The molecule has 2 aromatic carbocycles. The van der Waals surface area contributed by atoms with Crippen LogP contribution in [0.1, 0.15) is 28.9 Å². The molecule has 1 atom stereocenters. The van der Waals surface area contributed by atoms with Crippen LogP contribution < -0.4 is 10.6 Å². The van der Waals surface area contributed by atoms with Crippen LogP contribution in [0.3, 0.4) is 0 Å². The van der Waals surface area contributed by atoms with Crippen molar-refractivity contribution in [3.63, 3.8) is 0 Å². The molecule has 0 spiro atoms. The van der Waals surface area contributed by atoms with Gasteiger partial charge in [-0.05, 0) is 30.5 Å². The molecule has 1 unspecified atom stereocenters. The third kappa shape index (κ3) is 6.15. The zero-order chi connectivity index (χ0) is 22.2. The molecule has 166 valence electrons. The van der Waals surface area contributed by atoms with E-state index in [2.05, 4.69) is 15.6 Å². The summed E-state index contributed by atoms with van der Waals surface area (Å²) in [4.78, 5) is 31.8. The Labute approximate surface area is 191 Å². The predicted molar refractivity (Wildman–Crippen MR) is 125 cm³/mol. The lowest BCUT2D eigenvalue weighted by Crippen LogP contribution is -2.42. The number of nitrogens with zero attached hydrogens (tertiary/aromatic N) is 2. The molecule has 1 aromatic heterocycles. The molecule has 7 nitrogen and oxygen atoms in total. The zero-order valence-electron chi connectivity index (χ0n) is 17.7. The van der Waals surface area contributed by atoms with E-state index in [-0.39, 0.29) is 24.5 Å². The number of ether oxygens (including phenoxy) is 1. The molecule has 1 fully saturated rings. The van der Waals surface area contributed by atoms with Gasteiger partial charge in [-0.1, -0.05) is 48.5 Å². The van der Waals surface area contributed by atoms with Crippen LogP contribution in [0.15, 0.2) is 66.0 Å². The van der Waals surface area contributed by atoms with Crippen molar-refractivity contribution in [2.45, 2.75) is 25.5 Å². The fourth-order valence-corrected chi connectivity index (χ4v) is 4.21. The summed E-state index contributed by atoms with van der Waals surface area (Å²) in [6, 6.07) is 19.3. The van der Waals surface area contributed by atoms with Crippen molar-refractivity contribution in [1.82, 2.24) is 15.2 Å². The van der Waals surface area contributed by atoms with Gasteiger partial charge in [-0.3, -0.25) is 9.59 Å². The van der Waals surface area contributed by atoms with Gasteiger partial charge < -0.3 is 20.3 Å². The minimum absolute atomic E-state index is 0.0422. The van der Waals surface area contributed by atoms with Gasteiger partial charge in [0.15, 0.2) is 5.13 Å². The van der Waals surface area contributed by atoms with E-state index in [1.54, 1.807) is 5.38 Å². The van der Waals surface area contributed by atoms with E-state index < -0.39 is 0 Å². The topological polar surface area (TPSA) is 83.6 Å². The quantitative estimate of drug-likeness (QED) is 0.518. The number of hydrogen-bond donors (Lipinski definition) is 2. The van der Waals surface area contributed by atoms with E-state index in [0.717, 1.165) is 30.7 Å². The van der Waals surface area contributed by atoms with Crippen LogP contribution in [-0.2, 0) is 16.1 Å². The largest absolute Gasteiger partial charge is 0.376 e. The van der Waals surface area contributed by atoms with E-state index >= 15 is 0 Å². The molecule has 1 saturated heterocycles. The summed E-state index contributed by atoms with van der Waals surface area (Å²) in [7, 11) is 0. The second-order valence-corrected chi connectivity index (χ2v) is 8.47. The average molecular weight is 451 g/mol. The molecule has 0 bridgehead atoms. The summed E-state index contributed by atoms with van der Waals surface area (Å²) in [6.45, 7) is 1.49. The number of anilines is 2. The molecule has 8 heteroatoms. The maximum atomic E-state index is 13.2. The van der Waals surface area contributed by atoms with Gasteiger partial charge in [0.05, 0.1) is 6.10 Å². The van der Waals surface area contributed by atoms with E-state index in [1.807, 2.05) is 60.7 Å². The summed E-state index contributed by atoms with van der Waals surface area (Å²) in [5.74, 6) is -0.485. The lowest BCUT2D eigenvalue weighted by atomic mass is 10.2. The van der Waals surface area contributed by atoms with Gasteiger partial charge in [-0.25, -0.2) is 4.98 Å². The summed E-state index contributed by atoms with van der Waals surface area (Å²) >= 11 is 1.36. The van der Waals surface area contributed by atoms with Gasteiger partial charge in [-0.2, -0.15) is 0 Å². The highest BCUT2D eigenvalue weighted by molar-refractivity contribution is 7.14. The van der Waals surface area contributed by atoms with Crippen LogP contribution >= 0.6 is 11.3 Å². The van der Waals surface area contributed by atoms with Gasteiger partial charge in [0.1, 0.15) is 12.2 Å². The molecule has 32 heavy (non-hydrogen) atoms. The SMILES string of the molecule is O=C(CN(Cc1ccccc1)C(=O)c1csc(Nc2ccccc2)n1)NCC1CCCO1. The molecule has 2 N–H and O–H groups in total. The first kappa shape index (κ1) is 22.0. The van der Waals surface area contributed by atoms with Gasteiger partial charge in [0.2, 0.25) is 5.91 Å². The fourth-order valence-electron chi connectivity index (χ4n) is 3.50. The van der Waals surface area contributed by atoms with E-state index in [9.17, 15) is 9.59 Å². The Bertz CT molecular complexity index is 1020. The van der Waals surface area contributed by atoms with E-state index in [0.29, 0.717) is 23.9 Å². The molecule has 0 radical (unpaired) electrons. The van der Waals surface area contributed by atoms with Crippen LogP contribution in [0, 0.1) is 0 Å². The third-order valence-electron chi connectivity index (χ3n) is 5.14. The predicted octanol–water partition coefficient (Wildman–Crippen LogP) is 3.82. The number of para-hydroxylation sites is 1. The minimum atomic E-state index is -0.279. The van der Waals surface area contributed by atoms with E-state index in [1.165, 1.54) is 16.2 Å². The number of rotatable bonds is 9. The van der Waals surface area contributed by atoms with Crippen molar-refractivity contribution < 1.29 is 14.3 Å². The highest BCUT2D eigenvalue weighted by Crippen LogP contribution is 2.22. The van der Waals surface area contributed by atoms with Crippen molar-refractivity contribution in [1.29, 1.82) is 0 Å². The number of thiazole rings is 1. The number of benzene rings is 2. The van der Waals surface area contributed by atoms with Crippen LogP contribution in [0.2, 0.25) is 0 Å². The summed E-state index contributed by atoms with van der Waals surface area (Å²) < 4.78 is 5.56. The molecule has 1 aliphatic rings. The lowest BCUT2D eigenvalue weighted by molar-refractivity contribution is -0.122. The van der Waals surface area contributed by atoms with Crippen molar-refractivity contribution in [3.05, 3.63) is 77.3 Å². The number of hydrogen-bond acceptors (Lipinski definition) is 6. The number of carbonyl (C=O) groups is 2. The Balaban J connectivity index is 1.43. The Kier molecular flexibility index (Phi) is 7.47. The first-order valence-corrected chi connectivity index (χ1v) is 11.5. The number of amides is 2. The standard InChI is InChI=1S/C24H26N4O3S/c29-22(25-14-20-12-7-13-31-20)16-28(15-18-8-3-1-4-9-18)23(30)21-17-32-24(27-21)26-19-10-5-2-6-11-19/h1-6,8-11,17,20H,7,12-16H2,(H,25,29)(H,26,27). The second-order valence-electron chi connectivity index (χ2n) is 7.61. The smallest absolute Gasteiger partial charge is 0.274 e. The molecule has 0 saturated carbocycles. The molecule has 3 aromatic rings. The van der Waals surface area contributed by atoms with Gasteiger partial charge in [0.25, 0.3) is 5.91 Å². The van der Waals surface area contributed by atoms with Gasteiger partial charge in [0, 0.05) is 30.8 Å². The average Bonchev–Trinajstić information content (AvgIpc) is 3.51. The highest BCUT2D eigenvalue weighted by atomic mass is 32.1. The first-order chi connectivity index (χ1) is 15.7. The van der Waals surface area contributed by atoms with Crippen molar-refractivity contribution in [2.75, 3.05) is 25.0 Å². The van der Waals surface area contributed by atoms with Crippen LogP contribution in [0.4, 0.5) is 10.8 Å². The van der Waals surface area contributed by atoms with Crippen LogP contribution in [0.5, 0.6) is 0 Å². The molecular weight excluding hydrogens is 424 g/mol. The van der Waals surface area contributed by atoms with Crippen LogP contribution in [0.25, 0.3) is 0 Å². The molecule has 2 amide bonds. The highest BCUT2D eigenvalue weighted by Gasteiger charge is 2.23. The van der Waals surface area contributed by atoms with E-state index in [4.69, 9.17) is 4.74 Å². The van der Waals surface area contributed by atoms with Crippen molar-refractivity contribution >= 4 is 34.0 Å². The Morgan fingerprint density at radius 3 is 2.56 bits per heavy atom. The first-order valence-electron chi connectivity index (χ1n) is 10.7. The monoisotopic (exact) mass is 450 g/mol. The van der Waals surface area contributed by atoms with Gasteiger partial charge in [-0.15, -0.1) is 11.3 Å². The summed E-state index contributed by atoms with van der Waals surface area (Å²) in [5, 5.41) is 8.45. The third-order valence-corrected chi connectivity index (χ3v) is 5.89. The Morgan fingerprint density at radius 1 is 1.09 bits per heavy atom. The molecule has 1 aliphatic heterocycles. The minimum Gasteiger partial charge on any atom is -0.376 e. The number of nitrogens with one attached hydrogen (secondary N) is 2.